The molecule has 4 aromatic rings. The maximum Gasteiger partial charge on any atom is 0.328 e. The number of aromatic nitrogens is 1. The summed E-state index contributed by atoms with van der Waals surface area (Å²) in [6.45, 7) is 2.13. The lowest BCUT2D eigenvalue weighted by Gasteiger charge is -2.17. The van der Waals surface area contributed by atoms with Crippen molar-refractivity contribution in [3.8, 4) is 31.8 Å². The maximum atomic E-state index is 13.5. The monoisotopic (exact) mass is 506 g/mol. The molecule has 7 nitrogen and oxygen atoms in total. The Labute approximate surface area is 210 Å². The second kappa shape index (κ2) is 10.3. The van der Waals surface area contributed by atoms with Crippen LogP contribution < -0.4 is 14.8 Å². The fourth-order valence-corrected chi connectivity index (χ4v) is 5.58. The number of esters is 1. The van der Waals surface area contributed by atoms with Crippen molar-refractivity contribution in [2.75, 3.05) is 13.4 Å². The van der Waals surface area contributed by atoms with Crippen molar-refractivity contribution in [1.82, 2.24) is 10.3 Å². The van der Waals surface area contributed by atoms with E-state index in [9.17, 15) is 9.59 Å². The fourth-order valence-electron chi connectivity index (χ4n) is 3.73. The molecule has 5 rings (SSSR count). The SMILES string of the molecule is CCOC(=O)[C@H](Cc1ccccc1)NC(=O)c1nc(-c2cccs2)sc1-c1ccc2c(c1)OCO2. The van der Waals surface area contributed by atoms with Crippen LogP contribution in [0.4, 0.5) is 0 Å². The number of thiophene rings is 1. The second-order valence-electron chi connectivity index (χ2n) is 7.71. The van der Waals surface area contributed by atoms with Crippen molar-refractivity contribution in [1.29, 1.82) is 0 Å². The Hall–Kier alpha value is -3.69. The van der Waals surface area contributed by atoms with E-state index in [4.69, 9.17) is 14.2 Å². The van der Waals surface area contributed by atoms with Crippen LogP contribution in [0.1, 0.15) is 23.0 Å². The van der Waals surface area contributed by atoms with E-state index in [1.54, 1.807) is 18.3 Å². The number of nitrogens with one attached hydrogen (secondary N) is 1. The van der Waals surface area contributed by atoms with Crippen LogP contribution in [0, 0.1) is 0 Å². The van der Waals surface area contributed by atoms with Crippen LogP contribution in [-0.4, -0.2) is 36.3 Å². The topological polar surface area (TPSA) is 86.8 Å². The number of hydrogen-bond acceptors (Lipinski definition) is 8. The van der Waals surface area contributed by atoms with Gasteiger partial charge in [-0.2, -0.15) is 0 Å². The minimum absolute atomic E-state index is 0.163. The summed E-state index contributed by atoms with van der Waals surface area (Å²) >= 11 is 2.97. The summed E-state index contributed by atoms with van der Waals surface area (Å²) in [6, 6.07) is 18.1. The lowest BCUT2D eigenvalue weighted by atomic mass is 10.1. The van der Waals surface area contributed by atoms with Crippen LogP contribution in [0.3, 0.4) is 0 Å². The van der Waals surface area contributed by atoms with Gasteiger partial charge in [0.2, 0.25) is 6.79 Å². The van der Waals surface area contributed by atoms with Crippen molar-refractivity contribution in [2.24, 2.45) is 0 Å². The number of fused-ring (bicyclic) bond motifs is 1. The van der Waals surface area contributed by atoms with Crippen LogP contribution in [0.25, 0.3) is 20.3 Å². The second-order valence-corrected chi connectivity index (χ2v) is 9.66. The van der Waals surface area contributed by atoms with E-state index in [0.717, 1.165) is 21.0 Å². The molecule has 1 aliphatic heterocycles. The van der Waals surface area contributed by atoms with E-state index in [0.29, 0.717) is 22.8 Å². The van der Waals surface area contributed by atoms with Crippen LogP contribution in [0.2, 0.25) is 0 Å². The molecule has 1 atom stereocenters. The van der Waals surface area contributed by atoms with Gasteiger partial charge in [0.1, 0.15) is 16.7 Å². The summed E-state index contributed by atoms with van der Waals surface area (Å²) < 4.78 is 16.2. The normalized spacial score (nSPS) is 12.8. The van der Waals surface area contributed by atoms with Gasteiger partial charge in [0.05, 0.1) is 16.4 Å². The number of hydrogen-bond donors (Lipinski definition) is 1. The number of carbonyl (C=O) groups excluding carboxylic acids is 2. The van der Waals surface area contributed by atoms with E-state index in [-0.39, 0.29) is 19.1 Å². The molecule has 1 aliphatic rings. The molecule has 35 heavy (non-hydrogen) atoms. The summed E-state index contributed by atoms with van der Waals surface area (Å²) in [5, 5.41) is 5.56. The zero-order chi connectivity index (χ0) is 24.2. The Balaban J connectivity index is 1.49. The summed E-state index contributed by atoms with van der Waals surface area (Å²) in [4.78, 5) is 32.6. The smallest absolute Gasteiger partial charge is 0.328 e. The molecule has 0 spiro atoms. The lowest BCUT2D eigenvalue weighted by molar-refractivity contribution is -0.145. The van der Waals surface area contributed by atoms with E-state index in [1.165, 1.54) is 11.3 Å². The molecular weight excluding hydrogens is 484 g/mol. The minimum Gasteiger partial charge on any atom is -0.464 e. The standard InChI is InChI=1S/C26H22N2O5S2/c1-2-31-26(30)18(13-16-7-4-3-5-8-16)27-24(29)22-23(35-25(28-22)21-9-6-12-34-21)17-10-11-19-20(14-17)33-15-32-19/h3-12,14,18H,2,13,15H2,1H3,(H,27,29)/t18-/m0/s1. The zero-order valence-corrected chi connectivity index (χ0v) is 20.5. The molecule has 0 fully saturated rings. The van der Waals surface area contributed by atoms with Gasteiger partial charge in [-0.25, -0.2) is 9.78 Å². The van der Waals surface area contributed by atoms with E-state index in [1.807, 2.05) is 66.0 Å². The third-order valence-corrected chi connectivity index (χ3v) is 7.51. The maximum absolute atomic E-state index is 13.5. The highest BCUT2D eigenvalue weighted by atomic mass is 32.1. The number of thiazole rings is 1. The van der Waals surface area contributed by atoms with Gasteiger partial charge >= 0.3 is 5.97 Å². The molecule has 0 unspecified atom stereocenters. The molecule has 1 N–H and O–H groups in total. The van der Waals surface area contributed by atoms with Gasteiger partial charge in [-0.15, -0.1) is 22.7 Å². The van der Waals surface area contributed by atoms with Crippen molar-refractivity contribution < 1.29 is 23.8 Å². The first kappa shape index (κ1) is 23.1. The van der Waals surface area contributed by atoms with Gasteiger partial charge in [-0.05, 0) is 47.7 Å². The fraction of sp³-hybridized carbons (Fsp3) is 0.192. The van der Waals surface area contributed by atoms with Crippen LogP contribution in [0.15, 0.2) is 66.0 Å². The number of carbonyl (C=O) groups is 2. The molecule has 0 aliphatic carbocycles. The van der Waals surface area contributed by atoms with Crippen molar-refractivity contribution in [3.63, 3.8) is 0 Å². The number of benzene rings is 2. The highest BCUT2D eigenvalue weighted by Crippen LogP contribution is 2.41. The Morgan fingerprint density at radius 2 is 1.91 bits per heavy atom. The summed E-state index contributed by atoms with van der Waals surface area (Å²) in [7, 11) is 0. The Bertz CT molecular complexity index is 1340. The Morgan fingerprint density at radius 1 is 1.09 bits per heavy atom. The first-order valence-corrected chi connectivity index (χ1v) is 12.8. The summed E-state index contributed by atoms with van der Waals surface area (Å²) in [5.74, 6) is 0.357. The predicted octanol–water partition coefficient (Wildman–Crippen LogP) is 5.17. The van der Waals surface area contributed by atoms with Crippen LogP contribution in [-0.2, 0) is 16.0 Å². The van der Waals surface area contributed by atoms with Gasteiger partial charge in [-0.1, -0.05) is 36.4 Å². The third kappa shape index (κ3) is 5.06. The molecule has 2 aromatic carbocycles. The quantitative estimate of drug-likeness (QED) is 0.332. The molecule has 178 valence electrons. The molecule has 0 saturated heterocycles. The average Bonchev–Trinajstić information content (AvgIpc) is 3.64. The van der Waals surface area contributed by atoms with E-state index >= 15 is 0 Å². The number of amides is 1. The van der Waals surface area contributed by atoms with Crippen LogP contribution in [0.5, 0.6) is 11.5 Å². The summed E-state index contributed by atoms with van der Waals surface area (Å²) in [5.41, 5.74) is 1.95. The van der Waals surface area contributed by atoms with Crippen LogP contribution >= 0.6 is 22.7 Å². The molecule has 9 heteroatoms. The lowest BCUT2D eigenvalue weighted by Crippen LogP contribution is -2.43. The highest BCUT2D eigenvalue weighted by molar-refractivity contribution is 7.23. The molecule has 0 saturated carbocycles. The van der Waals surface area contributed by atoms with Gasteiger partial charge in [-0.3, -0.25) is 4.79 Å². The minimum atomic E-state index is -0.846. The zero-order valence-electron chi connectivity index (χ0n) is 18.9. The Kier molecular flexibility index (Phi) is 6.78. The first-order chi connectivity index (χ1) is 17.1. The molecule has 0 bridgehead atoms. The number of nitrogens with zero attached hydrogens (tertiary/aromatic N) is 1. The van der Waals surface area contributed by atoms with Crippen molar-refractivity contribution >= 4 is 34.6 Å². The number of ether oxygens (including phenoxy) is 3. The number of rotatable bonds is 8. The van der Waals surface area contributed by atoms with Crippen molar-refractivity contribution in [3.05, 3.63) is 77.3 Å². The molecule has 3 heterocycles. The highest BCUT2D eigenvalue weighted by Gasteiger charge is 2.28. The molecule has 0 radical (unpaired) electrons. The van der Waals surface area contributed by atoms with Gasteiger partial charge in [0, 0.05) is 6.42 Å². The third-order valence-electron chi connectivity index (χ3n) is 5.37. The molecule has 1 amide bonds. The Morgan fingerprint density at radius 3 is 2.69 bits per heavy atom. The molecule has 2 aromatic heterocycles. The van der Waals surface area contributed by atoms with E-state index in [2.05, 4.69) is 10.3 Å². The first-order valence-electron chi connectivity index (χ1n) is 11.1. The molecular formula is C26H22N2O5S2. The van der Waals surface area contributed by atoms with E-state index < -0.39 is 17.9 Å². The van der Waals surface area contributed by atoms with Gasteiger partial charge in [0.25, 0.3) is 5.91 Å². The largest absolute Gasteiger partial charge is 0.464 e. The average molecular weight is 507 g/mol. The predicted molar refractivity (Wildman–Crippen MR) is 135 cm³/mol. The summed E-state index contributed by atoms with van der Waals surface area (Å²) in [6.07, 6.45) is 0.312. The van der Waals surface area contributed by atoms with Gasteiger partial charge < -0.3 is 19.5 Å². The van der Waals surface area contributed by atoms with Gasteiger partial charge in [0.15, 0.2) is 11.5 Å². The van der Waals surface area contributed by atoms with Crippen molar-refractivity contribution in [2.45, 2.75) is 19.4 Å².